The van der Waals surface area contributed by atoms with E-state index in [9.17, 15) is 9.59 Å². The van der Waals surface area contributed by atoms with E-state index < -0.39 is 11.9 Å². The Kier molecular flexibility index (Phi) is 5.75. The Hall–Kier alpha value is -4.06. The van der Waals surface area contributed by atoms with Crippen molar-refractivity contribution in [3.63, 3.8) is 0 Å². The van der Waals surface area contributed by atoms with Crippen molar-refractivity contribution in [1.29, 1.82) is 0 Å². The second-order valence-electron chi connectivity index (χ2n) is 6.51. The van der Waals surface area contributed by atoms with Crippen molar-refractivity contribution in [3.05, 3.63) is 84.4 Å². The highest BCUT2D eigenvalue weighted by Gasteiger charge is 2.13. The minimum absolute atomic E-state index is 0.188. The average Bonchev–Trinajstić information content (AvgIpc) is 3.25. The normalized spacial score (nSPS) is 12.0. The Morgan fingerprint density at radius 3 is 2.57 bits per heavy atom. The highest BCUT2D eigenvalue weighted by atomic mass is 16.7. The molecule has 0 unspecified atom stereocenters. The van der Waals surface area contributed by atoms with E-state index in [4.69, 9.17) is 14.2 Å². The predicted molar refractivity (Wildman–Crippen MR) is 113 cm³/mol. The number of anilines is 1. The second-order valence-corrected chi connectivity index (χ2v) is 6.51. The number of rotatable bonds is 6. The van der Waals surface area contributed by atoms with Gasteiger partial charge in [0.1, 0.15) is 0 Å². The van der Waals surface area contributed by atoms with Gasteiger partial charge in [0.25, 0.3) is 5.91 Å². The first-order valence-electron chi connectivity index (χ1n) is 9.38. The number of carbonyl (C=O) groups is 2. The fourth-order valence-electron chi connectivity index (χ4n) is 3.01. The fourth-order valence-corrected chi connectivity index (χ4v) is 3.01. The lowest BCUT2D eigenvalue weighted by Gasteiger charge is -2.11. The molecule has 1 heterocycles. The third-order valence-electron chi connectivity index (χ3n) is 4.44. The van der Waals surface area contributed by atoms with E-state index in [1.54, 1.807) is 24.3 Å². The molecule has 0 aliphatic carbocycles. The Balaban J connectivity index is 1.33. The van der Waals surface area contributed by atoms with Gasteiger partial charge in [-0.2, -0.15) is 0 Å². The molecule has 0 aromatic heterocycles. The van der Waals surface area contributed by atoms with E-state index >= 15 is 0 Å². The molecule has 0 radical (unpaired) electrons. The van der Waals surface area contributed by atoms with Crippen molar-refractivity contribution < 1.29 is 23.8 Å². The Morgan fingerprint density at radius 1 is 0.933 bits per heavy atom. The van der Waals surface area contributed by atoms with Gasteiger partial charge in [0, 0.05) is 17.3 Å². The van der Waals surface area contributed by atoms with Crippen LogP contribution < -0.4 is 14.8 Å². The summed E-state index contributed by atoms with van der Waals surface area (Å²) in [5, 5.41) is 2.80. The number of para-hydroxylation sites is 1. The fraction of sp³-hybridized carbons (Fsp3) is 0.0833. The van der Waals surface area contributed by atoms with E-state index in [1.807, 2.05) is 54.6 Å². The first kappa shape index (κ1) is 19.3. The average molecular weight is 401 g/mol. The zero-order valence-corrected chi connectivity index (χ0v) is 16.0. The van der Waals surface area contributed by atoms with Gasteiger partial charge in [-0.1, -0.05) is 54.6 Å². The molecule has 1 aliphatic heterocycles. The Bertz CT molecular complexity index is 1090. The molecule has 0 spiro atoms. The van der Waals surface area contributed by atoms with Crippen LogP contribution in [-0.4, -0.2) is 25.3 Å². The molecule has 0 atom stereocenters. The monoisotopic (exact) mass is 401 g/mol. The van der Waals surface area contributed by atoms with E-state index in [0.717, 1.165) is 16.7 Å². The number of ether oxygens (including phenoxy) is 3. The molecular weight excluding hydrogens is 382 g/mol. The predicted octanol–water partition coefficient (Wildman–Crippen LogP) is 4.28. The molecule has 0 saturated heterocycles. The summed E-state index contributed by atoms with van der Waals surface area (Å²) < 4.78 is 15.6. The largest absolute Gasteiger partial charge is 0.454 e. The lowest BCUT2D eigenvalue weighted by molar-refractivity contribution is -0.142. The number of esters is 1. The van der Waals surface area contributed by atoms with Gasteiger partial charge >= 0.3 is 5.97 Å². The zero-order chi connectivity index (χ0) is 20.8. The van der Waals surface area contributed by atoms with Crippen LogP contribution >= 0.6 is 0 Å². The van der Waals surface area contributed by atoms with Crippen LogP contribution in [0.3, 0.4) is 0 Å². The maximum atomic E-state index is 12.3. The maximum absolute atomic E-state index is 12.3. The number of hydrogen-bond acceptors (Lipinski definition) is 5. The number of fused-ring (bicyclic) bond motifs is 1. The highest BCUT2D eigenvalue weighted by Crippen LogP contribution is 2.32. The number of nitrogens with one attached hydrogen (secondary N) is 1. The van der Waals surface area contributed by atoms with Gasteiger partial charge in [0.2, 0.25) is 6.79 Å². The van der Waals surface area contributed by atoms with Crippen LogP contribution in [0.15, 0.2) is 78.9 Å². The maximum Gasteiger partial charge on any atom is 0.331 e. The summed E-state index contributed by atoms with van der Waals surface area (Å²) in [6.45, 7) is -0.194. The van der Waals surface area contributed by atoms with Gasteiger partial charge in [-0.05, 0) is 35.4 Å². The summed E-state index contributed by atoms with van der Waals surface area (Å²) in [5.74, 6) is 0.270. The van der Waals surface area contributed by atoms with E-state index in [1.165, 1.54) is 6.08 Å². The van der Waals surface area contributed by atoms with E-state index in [2.05, 4.69) is 5.32 Å². The van der Waals surface area contributed by atoms with Gasteiger partial charge in [0.05, 0.1) is 0 Å². The summed E-state index contributed by atoms with van der Waals surface area (Å²) in [5.41, 5.74) is 3.29. The Labute approximate surface area is 173 Å². The molecule has 30 heavy (non-hydrogen) atoms. The molecule has 1 N–H and O–H groups in total. The minimum Gasteiger partial charge on any atom is -0.454 e. The molecule has 0 fully saturated rings. The molecule has 0 bridgehead atoms. The smallest absolute Gasteiger partial charge is 0.331 e. The van der Waals surface area contributed by atoms with Gasteiger partial charge in [-0.25, -0.2) is 4.79 Å². The minimum atomic E-state index is -0.612. The van der Waals surface area contributed by atoms with Crippen LogP contribution in [0.1, 0.15) is 5.56 Å². The molecule has 6 heteroatoms. The van der Waals surface area contributed by atoms with Gasteiger partial charge in [-0.3, -0.25) is 4.79 Å². The molecule has 1 aliphatic rings. The van der Waals surface area contributed by atoms with Crippen LogP contribution in [0.5, 0.6) is 11.5 Å². The summed E-state index contributed by atoms with van der Waals surface area (Å²) in [6.07, 6.45) is 2.86. The zero-order valence-electron chi connectivity index (χ0n) is 16.0. The van der Waals surface area contributed by atoms with Crippen molar-refractivity contribution in [2.24, 2.45) is 0 Å². The number of amides is 1. The summed E-state index contributed by atoms with van der Waals surface area (Å²) in [4.78, 5) is 24.2. The second kappa shape index (κ2) is 8.96. The topological polar surface area (TPSA) is 73.9 Å². The number of carbonyl (C=O) groups excluding carboxylic acids is 2. The Morgan fingerprint density at radius 2 is 1.70 bits per heavy atom. The van der Waals surface area contributed by atoms with Crippen LogP contribution in [0.4, 0.5) is 5.69 Å². The first-order valence-corrected chi connectivity index (χ1v) is 9.38. The SMILES string of the molecule is O=C(COC(=O)/C=C/c1ccc2c(c1)OCO2)Nc1ccccc1-c1ccccc1. The molecule has 4 rings (SSSR count). The lowest BCUT2D eigenvalue weighted by Crippen LogP contribution is -2.20. The van der Waals surface area contributed by atoms with Crippen molar-refractivity contribution >= 4 is 23.6 Å². The van der Waals surface area contributed by atoms with Crippen molar-refractivity contribution in [2.75, 3.05) is 18.7 Å². The van der Waals surface area contributed by atoms with Crippen LogP contribution in [0.2, 0.25) is 0 Å². The van der Waals surface area contributed by atoms with Gasteiger partial charge in [-0.15, -0.1) is 0 Å². The molecule has 6 nitrogen and oxygen atoms in total. The summed E-state index contributed by atoms with van der Waals surface area (Å²) >= 11 is 0. The molecular formula is C24H19NO5. The molecule has 3 aromatic rings. The van der Waals surface area contributed by atoms with Crippen molar-refractivity contribution in [1.82, 2.24) is 0 Å². The van der Waals surface area contributed by atoms with Crippen LogP contribution in [0.25, 0.3) is 17.2 Å². The molecule has 150 valence electrons. The standard InChI is InChI=1S/C24H19NO5/c26-23(25-20-9-5-4-8-19(20)18-6-2-1-3-7-18)15-28-24(27)13-11-17-10-12-21-22(14-17)30-16-29-21/h1-14H,15-16H2,(H,25,26)/b13-11+. The number of hydrogen-bond donors (Lipinski definition) is 1. The number of benzene rings is 3. The summed E-state index contributed by atoms with van der Waals surface area (Å²) in [7, 11) is 0. The molecule has 0 saturated carbocycles. The van der Waals surface area contributed by atoms with Crippen molar-refractivity contribution in [2.45, 2.75) is 0 Å². The third-order valence-corrected chi connectivity index (χ3v) is 4.44. The van der Waals surface area contributed by atoms with Crippen molar-refractivity contribution in [3.8, 4) is 22.6 Å². The van der Waals surface area contributed by atoms with Gasteiger partial charge in [0.15, 0.2) is 18.1 Å². The van der Waals surface area contributed by atoms with Crippen LogP contribution in [-0.2, 0) is 14.3 Å². The first-order chi connectivity index (χ1) is 14.7. The van der Waals surface area contributed by atoms with Gasteiger partial charge < -0.3 is 19.5 Å². The van der Waals surface area contributed by atoms with E-state index in [-0.39, 0.29) is 13.4 Å². The quantitative estimate of drug-likeness (QED) is 0.493. The third kappa shape index (κ3) is 4.67. The van der Waals surface area contributed by atoms with E-state index in [0.29, 0.717) is 17.2 Å². The molecule has 3 aromatic carbocycles. The summed E-state index contributed by atoms with van der Waals surface area (Å²) in [6, 6.07) is 22.5. The van der Waals surface area contributed by atoms with Crippen LogP contribution in [0, 0.1) is 0 Å². The highest BCUT2D eigenvalue weighted by molar-refractivity contribution is 5.97. The lowest BCUT2D eigenvalue weighted by atomic mass is 10.0. The molecule has 1 amide bonds.